The second-order valence-corrected chi connectivity index (χ2v) is 4.98. The minimum Gasteiger partial charge on any atom is -0.493 e. The van der Waals surface area contributed by atoms with Crippen LogP contribution in [0.5, 0.6) is 11.5 Å². The van der Waals surface area contributed by atoms with Crippen molar-refractivity contribution in [3.05, 3.63) is 29.8 Å². The van der Waals surface area contributed by atoms with Crippen LogP contribution in [-0.2, 0) is 9.59 Å². The van der Waals surface area contributed by atoms with E-state index in [0.29, 0.717) is 17.5 Å². The molecule has 2 rings (SSSR count). The molecular weight excluding hydrogens is 284 g/mol. The molecule has 118 valence electrons. The van der Waals surface area contributed by atoms with Crippen molar-refractivity contribution in [3.63, 3.8) is 0 Å². The van der Waals surface area contributed by atoms with Crippen LogP contribution in [0.3, 0.4) is 0 Å². The van der Waals surface area contributed by atoms with E-state index in [1.165, 1.54) is 13.2 Å². The van der Waals surface area contributed by atoms with Gasteiger partial charge in [-0.3, -0.25) is 9.59 Å². The van der Waals surface area contributed by atoms with Crippen molar-refractivity contribution in [2.45, 2.75) is 18.9 Å². The first-order valence-corrected chi connectivity index (χ1v) is 7.10. The zero-order valence-electron chi connectivity index (χ0n) is 12.7. The summed E-state index contributed by atoms with van der Waals surface area (Å²) in [6.45, 7) is -0.0189. The Morgan fingerprint density at radius 3 is 2.68 bits per heavy atom. The zero-order chi connectivity index (χ0) is 15.9. The van der Waals surface area contributed by atoms with Gasteiger partial charge in [-0.2, -0.15) is 0 Å². The highest BCUT2D eigenvalue weighted by Crippen LogP contribution is 2.31. The average Bonchev–Trinajstić information content (AvgIpc) is 3.34. The van der Waals surface area contributed by atoms with E-state index in [1.807, 2.05) is 12.1 Å². The number of nitrogens with one attached hydrogen (secondary N) is 2. The lowest BCUT2D eigenvalue weighted by Gasteiger charge is -2.09. The van der Waals surface area contributed by atoms with E-state index in [1.54, 1.807) is 19.3 Å². The van der Waals surface area contributed by atoms with Crippen LogP contribution in [0.2, 0.25) is 0 Å². The molecule has 1 saturated carbocycles. The molecule has 0 unspecified atom stereocenters. The average molecular weight is 304 g/mol. The molecule has 0 saturated heterocycles. The molecule has 1 aliphatic rings. The molecule has 0 aliphatic heterocycles. The summed E-state index contributed by atoms with van der Waals surface area (Å²) in [6, 6.07) is 5.69. The van der Waals surface area contributed by atoms with Crippen LogP contribution in [-0.4, -0.2) is 38.6 Å². The van der Waals surface area contributed by atoms with Gasteiger partial charge in [-0.15, -0.1) is 0 Å². The number of ether oxygens (including phenoxy) is 2. The van der Waals surface area contributed by atoms with E-state index in [0.717, 1.165) is 18.4 Å². The molecule has 0 atom stereocenters. The third-order valence-electron chi connectivity index (χ3n) is 3.21. The van der Waals surface area contributed by atoms with Crippen LogP contribution in [0.1, 0.15) is 18.4 Å². The smallest absolute Gasteiger partial charge is 0.244 e. The molecule has 6 nitrogen and oxygen atoms in total. The molecule has 1 fully saturated rings. The molecule has 1 aromatic rings. The number of carbonyl (C=O) groups excluding carboxylic acids is 2. The fraction of sp³-hybridized carbons (Fsp3) is 0.375. The van der Waals surface area contributed by atoms with E-state index in [9.17, 15) is 9.59 Å². The third-order valence-corrected chi connectivity index (χ3v) is 3.21. The van der Waals surface area contributed by atoms with E-state index in [2.05, 4.69) is 10.6 Å². The first kappa shape index (κ1) is 15.9. The predicted octanol–water partition coefficient (Wildman–Crippen LogP) is 1.11. The van der Waals surface area contributed by atoms with Crippen LogP contribution in [0, 0.1) is 0 Å². The summed E-state index contributed by atoms with van der Waals surface area (Å²) in [7, 11) is 3.09. The van der Waals surface area contributed by atoms with E-state index in [-0.39, 0.29) is 18.4 Å². The lowest BCUT2D eigenvalue weighted by atomic mass is 10.1. The van der Waals surface area contributed by atoms with Gasteiger partial charge in [0.05, 0.1) is 20.8 Å². The van der Waals surface area contributed by atoms with Gasteiger partial charge in [-0.1, -0.05) is 12.1 Å². The Hall–Kier alpha value is -2.50. The zero-order valence-corrected chi connectivity index (χ0v) is 12.7. The minimum absolute atomic E-state index is 0.0189. The van der Waals surface area contributed by atoms with Gasteiger partial charge < -0.3 is 20.1 Å². The highest BCUT2D eigenvalue weighted by molar-refractivity contribution is 5.94. The number of hydrogen-bond acceptors (Lipinski definition) is 4. The Labute approximate surface area is 129 Å². The lowest BCUT2D eigenvalue weighted by Crippen LogP contribution is -2.37. The second kappa shape index (κ2) is 7.49. The first-order valence-electron chi connectivity index (χ1n) is 7.10. The maximum Gasteiger partial charge on any atom is 0.244 e. The standard InChI is InChI=1S/C16H20N2O4/c1-21-13-5-3-4-11(16(13)22-2)6-9-14(19)17-10-15(20)18-12-7-8-12/h3-6,9,12H,7-8,10H2,1-2H3,(H,17,19)(H,18,20)/b9-6+. The van der Waals surface area contributed by atoms with Gasteiger partial charge in [0.25, 0.3) is 0 Å². The number of amides is 2. The fourth-order valence-electron chi connectivity index (χ4n) is 1.94. The van der Waals surface area contributed by atoms with Gasteiger partial charge >= 0.3 is 0 Å². The monoisotopic (exact) mass is 304 g/mol. The Morgan fingerprint density at radius 2 is 2.05 bits per heavy atom. The SMILES string of the molecule is COc1cccc(/C=C/C(=O)NCC(=O)NC2CC2)c1OC. The summed E-state index contributed by atoms with van der Waals surface area (Å²) in [5.74, 6) is 0.647. The predicted molar refractivity (Wildman–Crippen MR) is 82.8 cm³/mol. The molecule has 6 heteroatoms. The van der Waals surface area contributed by atoms with Crippen molar-refractivity contribution in [1.82, 2.24) is 10.6 Å². The Morgan fingerprint density at radius 1 is 1.27 bits per heavy atom. The number of carbonyl (C=O) groups is 2. The summed E-state index contributed by atoms with van der Waals surface area (Å²) >= 11 is 0. The van der Waals surface area contributed by atoms with Crippen molar-refractivity contribution < 1.29 is 19.1 Å². The Balaban J connectivity index is 1.90. The van der Waals surface area contributed by atoms with Crippen molar-refractivity contribution in [3.8, 4) is 11.5 Å². The fourth-order valence-corrected chi connectivity index (χ4v) is 1.94. The molecule has 0 spiro atoms. The normalized spacial score (nSPS) is 13.7. The second-order valence-electron chi connectivity index (χ2n) is 4.98. The largest absolute Gasteiger partial charge is 0.493 e. The van der Waals surface area contributed by atoms with Crippen molar-refractivity contribution in [1.29, 1.82) is 0 Å². The highest BCUT2D eigenvalue weighted by atomic mass is 16.5. The number of hydrogen-bond donors (Lipinski definition) is 2. The number of benzene rings is 1. The van der Waals surface area contributed by atoms with Gasteiger partial charge in [0.2, 0.25) is 11.8 Å². The highest BCUT2D eigenvalue weighted by Gasteiger charge is 2.22. The molecule has 0 radical (unpaired) electrons. The lowest BCUT2D eigenvalue weighted by molar-refractivity contribution is -0.124. The van der Waals surface area contributed by atoms with Crippen molar-refractivity contribution in [2.24, 2.45) is 0 Å². The summed E-state index contributed by atoms with van der Waals surface area (Å²) in [6.07, 6.45) is 5.03. The van der Waals surface area contributed by atoms with Crippen LogP contribution in [0.15, 0.2) is 24.3 Å². The first-order chi connectivity index (χ1) is 10.6. The maximum atomic E-state index is 11.7. The van der Waals surface area contributed by atoms with Crippen LogP contribution < -0.4 is 20.1 Å². The molecule has 2 amide bonds. The van der Waals surface area contributed by atoms with Gasteiger partial charge in [0.1, 0.15) is 0 Å². The van der Waals surface area contributed by atoms with Crippen LogP contribution >= 0.6 is 0 Å². The number of methoxy groups -OCH3 is 2. The van der Waals surface area contributed by atoms with E-state index in [4.69, 9.17) is 9.47 Å². The van der Waals surface area contributed by atoms with Crippen LogP contribution in [0.4, 0.5) is 0 Å². The maximum absolute atomic E-state index is 11.7. The van der Waals surface area contributed by atoms with E-state index >= 15 is 0 Å². The molecular formula is C16H20N2O4. The van der Waals surface area contributed by atoms with Gasteiger partial charge in [0, 0.05) is 17.7 Å². The van der Waals surface area contributed by atoms with Gasteiger partial charge in [0.15, 0.2) is 11.5 Å². The van der Waals surface area contributed by atoms with Gasteiger partial charge in [-0.05, 0) is 25.0 Å². The molecule has 0 aromatic heterocycles. The Kier molecular flexibility index (Phi) is 5.41. The molecule has 2 N–H and O–H groups in total. The topological polar surface area (TPSA) is 76.7 Å². The molecule has 1 aliphatic carbocycles. The minimum atomic E-state index is -0.337. The number of para-hydroxylation sites is 1. The molecule has 22 heavy (non-hydrogen) atoms. The molecule has 0 bridgehead atoms. The quantitative estimate of drug-likeness (QED) is 0.740. The van der Waals surface area contributed by atoms with Crippen LogP contribution in [0.25, 0.3) is 6.08 Å². The third kappa shape index (κ3) is 4.51. The van der Waals surface area contributed by atoms with E-state index < -0.39 is 0 Å². The van der Waals surface area contributed by atoms with Crippen molar-refractivity contribution >= 4 is 17.9 Å². The molecule has 0 heterocycles. The molecule has 1 aromatic carbocycles. The van der Waals surface area contributed by atoms with Crippen molar-refractivity contribution in [2.75, 3.05) is 20.8 Å². The summed E-state index contributed by atoms with van der Waals surface area (Å²) in [5.41, 5.74) is 0.722. The Bertz CT molecular complexity index is 580. The summed E-state index contributed by atoms with van der Waals surface area (Å²) in [5, 5.41) is 5.34. The number of rotatable bonds is 7. The summed E-state index contributed by atoms with van der Waals surface area (Å²) in [4.78, 5) is 23.2. The van der Waals surface area contributed by atoms with Gasteiger partial charge in [-0.25, -0.2) is 0 Å². The summed E-state index contributed by atoms with van der Waals surface area (Å²) < 4.78 is 10.5.